The number of aromatic hydroxyl groups is 1. The molecule has 0 bridgehead atoms. The van der Waals surface area contributed by atoms with Crippen LogP contribution in [-0.2, 0) is 0 Å². The highest BCUT2D eigenvalue weighted by Crippen LogP contribution is 2.28. The first-order chi connectivity index (χ1) is 14.2. The van der Waals surface area contributed by atoms with Gasteiger partial charge in [-0.2, -0.15) is 5.10 Å². The Hall–Kier alpha value is -3.58. The van der Waals surface area contributed by atoms with Crippen LogP contribution in [-0.4, -0.2) is 26.5 Å². The quantitative estimate of drug-likeness (QED) is 0.329. The van der Waals surface area contributed by atoms with Gasteiger partial charge >= 0.3 is 0 Å². The number of rotatable bonds is 5. The van der Waals surface area contributed by atoms with Gasteiger partial charge in [0.05, 0.1) is 6.21 Å². The molecule has 0 aliphatic carbocycles. The fourth-order valence-electron chi connectivity index (χ4n) is 2.75. The van der Waals surface area contributed by atoms with Crippen molar-refractivity contribution in [1.29, 1.82) is 0 Å². The molecule has 2 N–H and O–H groups in total. The third kappa shape index (κ3) is 4.47. The second-order valence-corrected chi connectivity index (χ2v) is 7.05. The molecule has 0 fully saturated rings. The van der Waals surface area contributed by atoms with Gasteiger partial charge in [-0.15, -0.1) is 10.2 Å². The van der Waals surface area contributed by atoms with Crippen molar-refractivity contribution in [3.05, 3.63) is 88.9 Å². The van der Waals surface area contributed by atoms with Crippen molar-refractivity contribution in [3.8, 4) is 28.3 Å². The molecule has 4 rings (SSSR count). The Morgan fingerprint density at radius 3 is 2.17 bits per heavy atom. The standard InChI is InChI=1S/C22H16BrN5O/c23-18-11-12-19(29)17(13-18)14-24-27-22-25-20(15-7-3-1-4-8-15)21(26-28-22)16-9-5-2-6-10-16/h1-14,29H,(H,25,27,28). The molecule has 0 spiro atoms. The van der Waals surface area contributed by atoms with Crippen LogP contribution in [0.2, 0.25) is 0 Å². The number of hydrazone groups is 1. The summed E-state index contributed by atoms with van der Waals surface area (Å²) in [7, 11) is 0. The summed E-state index contributed by atoms with van der Waals surface area (Å²) in [6.07, 6.45) is 1.50. The Kier molecular flexibility index (Phi) is 5.58. The minimum atomic E-state index is 0.127. The maximum atomic E-state index is 9.90. The van der Waals surface area contributed by atoms with Gasteiger partial charge in [0.25, 0.3) is 5.95 Å². The van der Waals surface area contributed by atoms with Crippen LogP contribution in [0.3, 0.4) is 0 Å². The van der Waals surface area contributed by atoms with Crippen molar-refractivity contribution in [1.82, 2.24) is 15.2 Å². The fourth-order valence-corrected chi connectivity index (χ4v) is 3.13. The van der Waals surface area contributed by atoms with Crippen LogP contribution in [0.5, 0.6) is 5.75 Å². The van der Waals surface area contributed by atoms with Crippen LogP contribution < -0.4 is 5.43 Å². The maximum absolute atomic E-state index is 9.90. The molecule has 0 aliphatic rings. The van der Waals surface area contributed by atoms with E-state index >= 15 is 0 Å². The predicted molar refractivity (Wildman–Crippen MR) is 118 cm³/mol. The largest absolute Gasteiger partial charge is 0.507 e. The molecule has 29 heavy (non-hydrogen) atoms. The molecule has 0 atom stereocenters. The second kappa shape index (κ2) is 8.62. The fraction of sp³-hybridized carbons (Fsp3) is 0. The average Bonchev–Trinajstić information content (AvgIpc) is 2.77. The molecule has 1 heterocycles. The minimum Gasteiger partial charge on any atom is -0.507 e. The van der Waals surface area contributed by atoms with E-state index < -0.39 is 0 Å². The van der Waals surface area contributed by atoms with Crippen molar-refractivity contribution < 1.29 is 5.11 Å². The van der Waals surface area contributed by atoms with E-state index in [4.69, 9.17) is 0 Å². The van der Waals surface area contributed by atoms with Crippen LogP contribution in [0.15, 0.2) is 88.4 Å². The van der Waals surface area contributed by atoms with Crippen LogP contribution in [0.25, 0.3) is 22.5 Å². The molecule has 7 heteroatoms. The summed E-state index contributed by atoms with van der Waals surface area (Å²) in [5, 5.41) is 22.6. The highest BCUT2D eigenvalue weighted by atomic mass is 79.9. The van der Waals surface area contributed by atoms with Gasteiger partial charge in [-0.1, -0.05) is 76.6 Å². The Labute approximate surface area is 176 Å². The van der Waals surface area contributed by atoms with E-state index in [-0.39, 0.29) is 11.7 Å². The van der Waals surface area contributed by atoms with E-state index in [2.05, 4.69) is 41.6 Å². The summed E-state index contributed by atoms with van der Waals surface area (Å²) >= 11 is 3.37. The molecular weight excluding hydrogens is 430 g/mol. The summed E-state index contributed by atoms with van der Waals surface area (Å²) in [4.78, 5) is 4.62. The van der Waals surface area contributed by atoms with Crippen molar-refractivity contribution in [2.45, 2.75) is 0 Å². The number of hydrogen-bond donors (Lipinski definition) is 2. The number of hydrogen-bond acceptors (Lipinski definition) is 6. The van der Waals surface area contributed by atoms with Gasteiger partial charge in [-0.3, -0.25) is 0 Å². The lowest BCUT2D eigenvalue weighted by Gasteiger charge is -2.09. The summed E-state index contributed by atoms with van der Waals surface area (Å²) in [5.41, 5.74) is 6.60. The lowest BCUT2D eigenvalue weighted by atomic mass is 10.0. The molecule has 0 saturated heterocycles. The molecule has 0 saturated carbocycles. The summed E-state index contributed by atoms with van der Waals surface area (Å²) < 4.78 is 0.841. The van der Waals surface area contributed by atoms with E-state index in [0.29, 0.717) is 17.0 Å². The minimum absolute atomic E-state index is 0.127. The van der Waals surface area contributed by atoms with E-state index in [9.17, 15) is 5.11 Å². The molecule has 1 aromatic heterocycles. The van der Waals surface area contributed by atoms with Gasteiger partial charge in [-0.25, -0.2) is 10.4 Å². The first kappa shape index (κ1) is 18.8. The lowest BCUT2D eigenvalue weighted by molar-refractivity contribution is 0.474. The van der Waals surface area contributed by atoms with Crippen LogP contribution in [0.1, 0.15) is 5.56 Å². The monoisotopic (exact) mass is 445 g/mol. The predicted octanol–water partition coefficient (Wildman–Crippen LogP) is 5.12. The number of phenols is 1. The Bertz CT molecular complexity index is 1150. The molecular formula is C22H16BrN5O. The molecule has 0 radical (unpaired) electrons. The van der Waals surface area contributed by atoms with E-state index in [1.165, 1.54) is 6.21 Å². The van der Waals surface area contributed by atoms with Crippen molar-refractivity contribution in [2.24, 2.45) is 5.10 Å². The normalized spacial score (nSPS) is 10.9. The van der Waals surface area contributed by atoms with Gasteiger partial charge in [0.1, 0.15) is 17.1 Å². The molecule has 6 nitrogen and oxygen atoms in total. The number of nitrogens with one attached hydrogen (secondary N) is 1. The highest BCUT2D eigenvalue weighted by molar-refractivity contribution is 9.10. The van der Waals surface area contributed by atoms with E-state index in [1.807, 2.05) is 60.7 Å². The highest BCUT2D eigenvalue weighted by Gasteiger charge is 2.13. The van der Waals surface area contributed by atoms with Gasteiger partial charge in [0.2, 0.25) is 0 Å². The zero-order valence-corrected chi connectivity index (χ0v) is 16.8. The van der Waals surface area contributed by atoms with Gasteiger partial charge < -0.3 is 5.11 Å². The summed E-state index contributed by atoms with van der Waals surface area (Å²) in [5.74, 6) is 0.386. The Morgan fingerprint density at radius 2 is 1.48 bits per heavy atom. The molecule has 0 amide bonds. The summed E-state index contributed by atoms with van der Waals surface area (Å²) in [6, 6.07) is 24.7. The van der Waals surface area contributed by atoms with Crippen LogP contribution >= 0.6 is 15.9 Å². The number of benzene rings is 3. The first-order valence-corrected chi connectivity index (χ1v) is 9.63. The third-order valence-electron chi connectivity index (χ3n) is 4.14. The Morgan fingerprint density at radius 1 is 0.828 bits per heavy atom. The van der Waals surface area contributed by atoms with Crippen molar-refractivity contribution in [2.75, 3.05) is 5.43 Å². The summed E-state index contributed by atoms with van der Waals surface area (Å²) in [6.45, 7) is 0. The SMILES string of the molecule is Oc1ccc(Br)cc1C=NNc1nnc(-c2ccccc2)c(-c2ccccc2)n1. The lowest BCUT2D eigenvalue weighted by Crippen LogP contribution is -2.03. The molecule has 0 aliphatic heterocycles. The smallest absolute Gasteiger partial charge is 0.263 e. The maximum Gasteiger partial charge on any atom is 0.263 e. The van der Waals surface area contributed by atoms with E-state index in [1.54, 1.807) is 18.2 Å². The zero-order valence-electron chi connectivity index (χ0n) is 15.2. The number of aromatic nitrogens is 3. The number of phenolic OH excluding ortho intramolecular Hbond substituents is 1. The second-order valence-electron chi connectivity index (χ2n) is 6.14. The van der Waals surface area contributed by atoms with Gasteiger partial charge in [0, 0.05) is 21.2 Å². The van der Waals surface area contributed by atoms with Crippen molar-refractivity contribution in [3.63, 3.8) is 0 Å². The molecule has 3 aromatic carbocycles. The van der Waals surface area contributed by atoms with Crippen LogP contribution in [0, 0.1) is 0 Å². The molecule has 142 valence electrons. The van der Waals surface area contributed by atoms with Crippen molar-refractivity contribution >= 4 is 28.1 Å². The Balaban J connectivity index is 1.67. The van der Waals surface area contributed by atoms with E-state index in [0.717, 1.165) is 15.6 Å². The topological polar surface area (TPSA) is 83.3 Å². The van der Waals surface area contributed by atoms with Crippen LogP contribution in [0.4, 0.5) is 5.95 Å². The zero-order chi connectivity index (χ0) is 20.1. The number of nitrogens with zero attached hydrogens (tertiary/aromatic N) is 4. The third-order valence-corrected chi connectivity index (χ3v) is 4.63. The number of halogens is 1. The average molecular weight is 446 g/mol. The van der Waals surface area contributed by atoms with Gasteiger partial charge in [-0.05, 0) is 18.2 Å². The molecule has 4 aromatic rings. The van der Waals surface area contributed by atoms with Gasteiger partial charge in [0.15, 0.2) is 0 Å². The molecule has 0 unspecified atom stereocenters. The number of anilines is 1. The first-order valence-electron chi connectivity index (χ1n) is 8.84.